The Morgan fingerprint density at radius 3 is 3.05 bits per heavy atom. The standard InChI is InChI=1S/C14H19N3O2/c1-19-14(18)12-11-5-6-15-7-9(11)8-16-13(12)17-10-3-2-4-10/h8,10,15H,2-7H2,1H3,(H,16,17). The van der Waals surface area contributed by atoms with Gasteiger partial charge in [0.05, 0.1) is 7.11 Å². The number of nitrogens with zero attached hydrogens (tertiary/aromatic N) is 1. The molecular weight excluding hydrogens is 242 g/mol. The number of hydrogen-bond donors (Lipinski definition) is 2. The molecule has 0 radical (unpaired) electrons. The number of anilines is 1. The first kappa shape index (κ1) is 12.4. The summed E-state index contributed by atoms with van der Waals surface area (Å²) in [6.07, 6.45) is 6.28. The molecule has 0 unspecified atom stereocenters. The van der Waals surface area contributed by atoms with Gasteiger partial charge >= 0.3 is 5.97 Å². The fraction of sp³-hybridized carbons (Fsp3) is 0.571. The lowest BCUT2D eigenvalue weighted by molar-refractivity contribution is 0.0599. The van der Waals surface area contributed by atoms with Crippen LogP contribution in [0, 0.1) is 0 Å². The topological polar surface area (TPSA) is 63.2 Å². The van der Waals surface area contributed by atoms with E-state index in [1.54, 1.807) is 0 Å². The van der Waals surface area contributed by atoms with Crippen molar-refractivity contribution < 1.29 is 9.53 Å². The molecule has 1 saturated carbocycles. The van der Waals surface area contributed by atoms with Crippen LogP contribution in [-0.4, -0.2) is 30.6 Å². The third-order valence-corrected chi connectivity index (χ3v) is 3.98. The Bertz CT molecular complexity index is 498. The number of carbonyl (C=O) groups excluding carboxylic acids is 1. The third-order valence-electron chi connectivity index (χ3n) is 3.98. The summed E-state index contributed by atoms with van der Waals surface area (Å²) in [5.41, 5.74) is 2.82. The molecule has 0 atom stereocenters. The van der Waals surface area contributed by atoms with Crippen LogP contribution in [0.2, 0.25) is 0 Å². The minimum atomic E-state index is -0.284. The molecule has 5 nitrogen and oxygen atoms in total. The number of pyridine rings is 1. The molecular formula is C14H19N3O2. The smallest absolute Gasteiger partial charge is 0.341 e. The van der Waals surface area contributed by atoms with E-state index in [2.05, 4.69) is 15.6 Å². The van der Waals surface area contributed by atoms with Gasteiger partial charge in [0.1, 0.15) is 11.4 Å². The second kappa shape index (κ2) is 5.17. The first-order chi connectivity index (χ1) is 9.29. The Balaban J connectivity index is 1.99. The molecule has 2 N–H and O–H groups in total. The van der Waals surface area contributed by atoms with Crippen LogP contribution in [0.5, 0.6) is 0 Å². The molecule has 3 rings (SSSR count). The van der Waals surface area contributed by atoms with Crippen LogP contribution in [0.4, 0.5) is 5.82 Å². The fourth-order valence-corrected chi connectivity index (χ4v) is 2.64. The second-order valence-corrected chi connectivity index (χ2v) is 5.18. The van der Waals surface area contributed by atoms with Crippen molar-refractivity contribution in [2.24, 2.45) is 0 Å². The molecule has 0 aromatic carbocycles. The first-order valence-corrected chi connectivity index (χ1v) is 6.86. The van der Waals surface area contributed by atoms with Crippen LogP contribution in [0.1, 0.15) is 40.7 Å². The Morgan fingerprint density at radius 2 is 2.37 bits per heavy atom. The minimum absolute atomic E-state index is 0.284. The zero-order chi connectivity index (χ0) is 13.2. The van der Waals surface area contributed by atoms with Gasteiger partial charge in [-0.05, 0) is 43.4 Å². The molecule has 1 aromatic heterocycles. The molecule has 5 heteroatoms. The van der Waals surface area contributed by atoms with Gasteiger partial charge in [-0.25, -0.2) is 9.78 Å². The predicted octanol–water partition coefficient (Wildman–Crippen LogP) is 1.48. The minimum Gasteiger partial charge on any atom is -0.465 e. The van der Waals surface area contributed by atoms with Crippen molar-refractivity contribution in [3.8, 4) is 0 Å². The van der Waals surface area contributed by atoms with Crippen molar-refractivity contribution in [1.82, 2.24) is 10.3 Å². The van der Waals surface area contributed by atoms with Crippen molar-refractivity contribution in [3.05, 3.63) is 22.9 Å². The molecule has 2 aliphatic rings. The fourth-order valence-electron chi connectivity index (χ4n) is 2.64. The molecule has 0 saturated heterocycles. The highest BCUT2D eigenvalue weighted by Gasteiger charge is 2.26. The summed E-state index contributed by atoms with van der Waals surface area (Å²) in [5, 5.41) is 6.68. The van der Waals surface area contributed by atoms with Gasteiger partial charge in [-0.2, -0.15) is 0 Å². The van der Waals surface area contributed by atoms with Gasteiger partial charge in [-0.1, -0.05) is 0 Å². The molecule has 0 amide bonds. The lowest BCUT2D eigenvalue weighted by Gasteiger charge is -2.29. The van der Waals surface area contributed by atoms with Gasteiger partial charge < -0.3 is 15.4 Å². The highest BCUT2D eigenvalue weighted by Crippen LogP contribution is 2.28. The highest BCUT2D eigenvalue weighted by molar-refractivity contribution is 5.96. The molecule has 1 aliphatic heterocycles. The molecule has 102 valence electrons. The van der Waals surface area contributed by atoms with Gasteiger partial charge in [0.15, 0.2) is 0 Å². The maximum Gasteiger partial charge on any atom is 0.341 e. The van der Waals surface area contributed by atoms with Crippen LogP contribution in [-0.2, 0) is 17.7 Å². The van der Waals surface area contributed by atoms with E-state index < -0.39 is 0 Å². The third kappa shape index (κ3) is 2.30. The largest absolute Gasteiger partial charge is 0.465 e. The normalized spacial score (nSPS) is 18.4. The average molecular weight is 261 g/mol. The number of methoxy groups -OCH3 is 1. The average Bonchev–Trinajstić information content (AvgIpc) is 2.41. The SMILES string of the molecule is COC(=O)c1c(NC2CCC2)ncc2c1CCNC2. The summed E-state index contributed by atoms with van der Waals surface area (Å²) in [6, 6.07) is 0.454. The molecule has 0 bridgehead atoms. The van der Waals surface area contributed by atoms with Gasteiger partial charge in [-0.3, -0.25) is 0 Å². The van der Waals surface area contributed by atoms with Crippen molar-refractivity contribution in [2.45, 2.75) is 38.3 Å². The van der Waals surface area contributed by atoms with E-state index in [1.807, 2.05) is 6.20 Å². The van der Waals surface area contributed by atoms with E-state index in [1.165, 1.54) is 13.5 Å². The van der Waals surface area contributed by atoms with Crippen molar-refractivity contribution in [1.29, 1.82) is 0 Å². The van der Waals surface area contributed by atoms with Gasteiger partial charge in [0.25, 0.3) is 0 Å². The maximum atomic E-state index is 12.1. The van der Waals surface area contributed by atoms with Crippen LogP contribution in [0.3, 0.4) is 0 Å². The van der Waals surface area contributed by atoms with Crippen LogP contribution >= 0.6 is 0 Å². The van der Waals surface area contributed by atoms with E-state index in [0.717, 1.165) is 43.5 Å². The van der Waals surface area contributed by atoms with E-state index in [-0.39, 0.29) is 5.97 Å². The molecule has 0 spiro atoms. The van der Waals surface area contributed by atoms with E-state index >= 15 is 0 Å². The summed E-state index contributed by atoms with van der Waals surface area (Å²) in [6.45, 7) is 1.67. The number of ether oxygens (including phenoxy) is 1. The lowest BCUT2D eigenvalue weighted by atomic mass is 9.92. The highest BCUT2D eigenvalue weighted by atomic mass is 16.5. The van der Waals surface area contributed by atoms with Crippen molar-refractivity contribution in [2.75, 3.05) is 19.0 Å². The van der Waals surface area contributed by atoms with Gasteiger partial charge in [0.2, 0.25) is 0 Å². The Hall–Kier alpha value is -1.62. The van der Waals surface area contributed by atoms with Crippen LogP contribution in [0.25, 0.3) is 0 Å². The van der Waals surface area contributed by atoms with Gasteiger partial charge in [0, 0.05) is 18.8 Å². The van der Waals surface area contributed by atoms with E-state index in [4.69, 9.17) is 4.74 Å². The number of nitrogens with one attached hydrogen (secondary N) is 2. The zero-order valence-corrected chi connectivity index (χ0v) is 11.2. The number of rotatable bonds is 3. The number of hydrogen-bond acceptors (Lipinski definition) is 5. The summed E-state index contributed by atoms with van der Waals surface area (Å²) in [5.74, 6) is 0.408. The van der Waals surface area contributed by atoms with Gasteiger partial charge in [-0.15, -0.1) is 0 Å². The van der Waals surface area contributed by atoms with Crippen molar-refractivity contribution in [3.63, 3.8) is 0 Å². The molecule has 1 aromatic rings. The summed E-state index contributed by atoms with van der Waals surface area (Å²) >= 11 is 0. The van der Waals surface area contributed by atoms with Crippen molar-refractivity contribution >= 4 is 11.8 Å². The number of aromatic nitrogens is 1. The first-order valence-electron chi connectivity index (χ1n) is 6.86. The molecule has 1 aliphatic carbocycles. The second-order valence-electron chi connectivity index (χ2n) is 5.18. The molecule has 19 heavy (non-hydrogen) atoms. The van der Waals surface area contributed by atoms with E-state index in [0.29, 0.717) is 17.4 Å². The lowest BCUT2D eigenvalue weighted by Crippen LogP contribution is -2.31. The van der Waals surface area contributed by atoms with Crippen LogP contribution in [0.15, 0.2) is 6.20 Å². The number of carbonyl (C=O) groups is 1. The quantitative estimate of drug-likeness (QED) is 0.807. The number of esters is 1. The summed E-state index contributed by atoms with van der Waals surface area (Å²) < 4.78 is 4.94. The maximum absolute atomic E-state index is 12.1. The predicted molar refractivity (Wildman–Crippen MR) is 72.2 cm³/mol. The van der Waals surface area contributed by atoms with E-state index in [9.17, 15) is 4.79 Å². The number of fused-ring (bicyclic) bond motifs is 1. The monoisotopic (exact) mass is 261 g/mol. The zero-order valence-electron chi connectivity index (χ0n) is 11.2. The van der Waals surface area contributed by atoms with Crippen LogP contribution < -0.4 is 10.6 Å². The summed E-state index contributed by atoms with van der Waals surface area (Å²) in [4.78, 5) is 16.5. The molecule has 1 fully saturated rings. The Kier molecular flexibility index (Phi) is 3.38. The summed E-state index contributed by atoms with van der Waals surface area (Å²) in [7, 11) is 1.43. The Labute approximate surface area is 112 Å². The Morgan fingerprint density at radius 1 is 1.53 bits per heavy atom. The molecule has 2 heterocycles.